The number of amides is 2. The molecular formula is C22H33ClN4O3S. The lowest BCUT2D eigenvalue weighted by Gasteiger charge is -2.40. The van der Waals surface area contributed by atoms with Gasteiger partial charge in [0.2, 0.25) is 5.91 Å². The van der Waals surface area contributed by atoms with Crippen LogP contribution in [0, 0.1) is 5.92 Å². The van der Waals surface area contributed by atoms with Crippen molar-refractivity contribution in [3.63, 3.8) is 0 Å². The Morgan fingerprint density at radius 1 is 1.35 bits per heavy atom. The van der Waals surface area contributed by atoms with Crippen molar-refractivity contribution in [1.82, 2.24) is 9.91 Å². The lowest BCUT2D eigenvalue weighted by molar-refractivity contribution is -0.134. The van der Waals surface area contributed by atoms with Crippen LogP contribution < -0.4 is 4.90 Å². The fraction of sp³-hybridized carbons (Fsp3) is 0.591. The fourth-order valence-electron chi connectivity index (χ4n) is 3.68. The minimum absolute atomic E-state index is 0.00482. The molecule has 1 aromatic rings. The van der Waals surface area contributed by atoms with Gasteiger partial charge in [-0.15, -0.1) is 0 Å². The van der Waals surface area contributed by atoms with Crippen molar-refractivity contribution >= 4 is 45.0 Å². The first kappa shape index (κ1) is 23.9. The molecule has 2 heterocycles. The molecule has 0 aromatic heterocycles. The van der Waals surface area contributed by atoms with Crippen LogP contribution in [0.1, 0.15) is 19.8 Å². The molecule has 0 saturated carbocycles. The van der Waals surface area contributed by atoms with Crippen LogP contribution >= 0.6 is 21.6 Å². The number of carbonyl (C=O) groups is 2. The van der Waals surface area contributed by atoms with Gasteiger partial charge >= 0.3 is 0 Å². The summed E-state index contributed by atoms with van der Waals surface area (Å²) >= 11 is 6.19. The van der Waals surface area contributed by atoms with E-state index in [4.69, 9.17) is 16.3 Å². The van der Waals surface area contributed by atoms with E-state index >= 15 is 0 Å². The molecule has 172 valence electrons. The third-order valence-electron chi connectivity index (χ3n) is 5.47. The summed E-state index contributed by atoms with van der Waals surface area (Å²) in [5.74, 6) is 1.62. The molecule has 31 heavy (non-hydrogen) atoms. The summed E-state index contributed by atoms with van der Waals surface area (Å²) < 4.78 is 5.92. The van der Waals surface area contributed by atoms with Gasteiger partial charge in [-0.25, -0.2) is 15.0 Å². The summed E-state index contributed by atoms with van der Waals surface area (Å²) in [6, 6.07) is 7.30. The number of ether oxygens (including phenoxy) is 1. The average molecular weight is 469 g/mol. The minimum atomic E-state index is -0.665. The second-order valence-electron chi connectivity index (χ2n) is 8.82. The number of hydrogen-bond acceptors (Lipinski definition) is 5. The molecule has 0 bridgehead atoms. The molecule has 1 unspecified atom stereocenters. The van der Waals surface area contributed by atoms with E-state index in [1.54, 1.807) is 17.0 Å². The van der Waals surface area contributed by atoms with Crippen molar-refractivity contribution in [1.29, 1.82) is 0 Å². The largest absolute Gasteiger partial charge is 0.360 e. The van der Waals surface area contributed by atoms with Crippen LogP contribution in [0.2, 0.25) is 5.02 Å². The van der Waals surface area contributed by atoms with Crippen LogP contribution in [0.3, 0.4) is 0 Å². The summed E-state index contributed by atoms with van der Waals surface area (Å²) in [7, 11) is -0.665. The highest BCUT2D eigenvalue weighted by Crippen LogP contribution is 2.33. The molecule has 0 N–H and O–H groups in total. The Kier molecular flexibility index (Phi) is 7.88. The molecule has 0 aliphatic carbocycles. The van der Waals surface area contributed by atoms with Crippen molar-refractivity contribution in [3.8, 4) is 0 Å². The van der Waals surface area contributed by atoms with Gasteiger partial charge in [0.1, 0.15) is 19.1 Å². The highest BCUT2D eigenvalue weighted by atomic mass is 35.5. The second-order valence-corrected chi connectivity index (χ2v) is 13.8. The van der Waals surface area contributed by atoms with E-state index < -0.39 is 10.0 Å². The Balaban J connectivity index is 1.71. The second kappa shape index (κ2) is 10.2. The third kappa shape index (κ3) is 6.37. The Bertz CT molecular complexity index is 842. The summed E-state index contributed by atoms with van der Waals surface area (Å²) in [6.45, 7) is 4.04. The van der Waals surface area contributed by atoms with Crippen molar-refractivity contribution in [2.24, 2.45) is 11.0 Å². The molecule has 2 aliphatic rings. The van der Waals surface area contributed by atoms with Crippen LogP contribution in [0.4, 0.5) is 5.69 Å². The predicted molar refractivity (Wildman–Crippen MR) is 129 cm³/mol. The molecule has 2 aliphatic heterocycles. The number of carbonyl (C=O) groups excluding carboxylic acids is 2. The maximum Gasteiger partial charge on any atom is 0.262 e. The van der Waals surface area contributed by atoms with Crippen LogP contribution in [-0.4, -0.2) is 85.1 Å². The topological polar surface area (TPSA) is 65.5 Å². The van der Waals surface area contributed by atoms with E-state index in [2.05, 4.69) is 23.9 Å². The first-order valence-electron chi connectivity index (χ1n) is 10.6. The van der Waals surface area contributed by atoms with Crippen LogP contribution in [0.15, 0.2) is 29.4 Å². The normalized spacial score (nSPS) is 19.7. The predicted octanol–water partition coefficient (Wildman–Crippen LogP) is 3.23. The number of hydrogen-bond donors (Lipinski definition) is 0. The van der Waals surface area contributed by atoms with E-state index in [0.29, 0.717) is 37.6 Å². The molecule has 7 nitrogen and oxygen atoms in total. The number of fused-ring (bicyclic) bond motifs is 1. The highest BCUT2D eigenvalue weighted by Gasteiger charge is 2.36. The molecule has 1 saturated heterocycles. The number of benzene rings is 1. The highest BCUT2D eigenvalue weighted by molar-refractivity contribution is 8.32. The average Bonchev–Trinajstić information content (AvgIpc) is 2.71. The zero-order chi connectivity index (χ0) is 22.6. The third-order valence-corrected chi connectivity index (χ3v) is 7.09. The summed E-state index contributed by atoms with van der Waals surface area (Å²) in [5, 5.41) is 6.55. The zero-order valence-corrected chi connectivity index (χ0v) is 20.4. The SMILES string of the molecule is CCN1N=C2CCC(C(=O)N(COCCS(C)(C)C)c3cccc(Cl)c3)CN2CC1=O. The maximum atomic E-state index is 13.5. The van der Waals surface area contributed by atoms with Gasteiger partial charge in [-0.2, -0.15) is 5.10 Å². The Labute approximate surface area is 191 Å². The Hall–Kier alpha value is -1.77. The van der Waals surface area contributed by atoms with Crippen LogP contribution in [-0.2, 0) is 14.3 Å². The first-order valence-corrected chi connectivity index (χ1v) is 14.0. The van der Waals surface area contributed by atoms with Crippen molar-refractivity contribution < 1.29 is 14.3 Å². The van der Waals surface area contributed by atoms with Gasteiger partial charge in [0.25, 0.3) is 5.91 Å². The van der Waals surface area contributed by atoms with Gasteiger partial charge in [-0.3, -0.25) is 14.5 Å². The quantitative estimate of drug-likeness (QED) is 0.434. The van der Waals surface area contributed by atoms with E-state index in [0.717, 1.165) is 17.3 Å². The van der Waals surface area contributed by atoms with E-state index in [1.165, 1.54) is 5.01 Å². The molecular weight excluding hydrogens is 436 g/mol. The lowest BCUT2D eigenvalue weighted by Crippen LogP contribution is -2.53. The van der Waals surface area contributed by atoms with Crippen LogP contribution in [0.5, 0.6) is 0 Å². The molecule has 2 amide bonds. The number of piperidine rings is 1. The van der Waals surface area contributed by atoms with Crippen LogP contribution in [0.25, 0.3) is 0 Å². The minimum Gasteiger partial charge on any atom is -0.360 e. The van der Waals surface area contributed by atoms with Gasteiger partial charge in [0, 0.05) is 36.0 Å². The number of likely N-dealkylation sites (N-methyl/N-ethyl adjacent to an activating group) is 1. The van der Waals surface area contributed by atoms with E-state index in [1.807, 2.05) is 24.0 Å². The van der Waals surface area contributed by atoms with Gasteiger partial charge in [0.15, 0.2) is 0 Å². The molecule has 3 rings (SSSR count). The molecule has 0 radical (unpaired) electrons. The summed E-state index contributed by atoms with van der Waals surface area (Å²) in [6.07, 6.45) is 8.12. The maximum absolute atomic E-state index is 13.5. The Morgan fingerprint density at radius 3 is 2.81 bits per heavy atom. The molecule has 0 spiro atoms. The zero-order valence-electron chi connectivity index (χ0n) is 18.8. The Morgan fingerprint density at radius 2 is 2.13 bits per heavy atom. The van der Waals surface area contributed by atoms with E-state index in [-0.39, 0.29) is 31.0 Å². The van der Waals surface area contributed by atoms with E-state index in [9.17, 15) is 9.59 Å². The summed E-state index contributed by atoms with van der Waals surface area (Å²) in [4.78, 5) is 29.4. The van der Waals surface area contributed by atoms with Gasteiger partial charge in [-0.05, 0) is 50.3 Å². The monoisotopic (exact) mass is 468 g/mol. The fourth-order valence-corrected chi connectivity index (χ4v) is 4.48. The van der Waals surface area contributed by atoms with Gasteiger partial charge in [0.05, 0.1) is 12.5 Å². The standard InChI is InChI=1S/C22H33ClN4O3S/c1-5-27-21(28)15-25-14-17(9-10-20(25)24-27)22(29)26(16-30-11-12-31(2,3)4)19-8-6-7-18(23)13-19/h6-8,13,17H,5,9-12,14-16H2,1-4H3. The van der Waals surface area contributed by atoms with Gasteiger partial charge in [-0.1, -0.05) is 17.7 Å². The first-order chi connectivity index (χ1) is 14.7. The summed E-state index contributed by atoms with van der Waals surface area (Å²) in [5.41, 5.74) is 0.729. The van der Waals surface area contributed by atoms with Crippen molar-refractivity contribution in [2.75, 3.05) is 62.4 Å². The number of hydrazone groups is 1. The number of amidine groups is 1. The number of anilines is 1. The molecule has 1 aromatic carbocycles. The smallest absolute Gasteiger partial charge is 0.262 e. The molecule has 9 heteroatoms. The van der Waals surface area contributed by atoms with Gasteiger partial charge < -0.3 is 9.64 Å². The number of rotatable bonds is 8. The number of halogens is 1. The number of nitrogens with zero attached hydrogens (tertiary/aromatic N) is 4. The molecule has 1 atom stereocenters. The molecule has 1 fully saturated rings. The van der Waals surface area contributed by atoms with Crippen molar-refractivity contribution in [2.45, 2.75) is 19.8 Å². The lowest BCUT2D eigenvalue weighted by atomic mass is 9.95. The van der Waals surface area contributed by atoms with Crippen molar-refractivity contribution in [3.05, 3.63) is 29.3 Å².